The zero-order valence-electron chi connectivity index (χ0n) is 9.15. The van der Waals surface area contributed by atoms with Crippen molar-refractivity contribution in [3.05, 3.63) is 0 Å². The fraction of sp³-hybridized carbons (Fsp3) is 0.909. The lowest BCUT2D eigenvalue weighted by Crippen LogP contribution is -2.41. The molecule has 0 aromatic heterocycles. The molecular formula is C11H20ClNO2. The summed E-state index contributed by atoms with van der Waals surface area (Å²) < 4.78 is 4.98. The molecule has 0 amide bonds. The highest BCUT2D eigenvalue weighted by Gasteiger charge is 2.46. The average molecular weight is 234 g/mol. The molecule has 1 unspecified atom stereocenters. The van der Waals surface area contributed by atoms with Gasteiger partial charge in [-0.1, -0.05) is 0 Å². The maximum Gasteiger partial charge on any atom is 0.323 e. The van der Waals surface area contributed by atoms with E-state index in [1.54, 1.807) is 0 Å². The van der Waals surface area contributed by atoms with Gasteiger partial charge in [0, 0.05) is 0 Å². The average Bonchev–Trinajstić information content (AvgIpc) is 2.99. The van der Waals surface area contributed by atoms with E-state index < -0.39 is 0 Å². The summed E-state index contributed by atoms with van der Waals surface area (Å²) in [7, 11) is 0. The van der Waals surface area contributed by atoms with Crippen molar-refractivity contribution in [3.8, 4) is 0 Å². The van der Waals surface area contributed by atoms with E-state index in [0.717, 1.165) is 0 Å². The Morgan fingerprint density at radius 2 is 1.80 bits per heavy atom. The zero-order valence-corrected chi connectivity index (χ0v) is 9.96. The van der Waals surface area contributed by atoms with E-state index >= 15 is 0 Å². The normalized spacial score (nSPS) is 22.1. The van der Waals surface area contributed by atoms with Crippen molar-refractivity contribution >= 4 is 18.4 Å². The molecule has 0 saturated heterocycles. The predicted octanol–water partition coefficient (Wildman–Crippen LogP) is 1.73. The summed E-state index contributed by atoms with van der Waals surface area (Å²) in [5.74, 6) is 1.63. The molecular weight excluding hydrogens is 214 g/mol. The van der Waals surface area contributed by atoms with E-state index in [1.807, 2.05) is 6.92 Å². The van der Waals surface area contributed by atoms with Gasteiger partial charge in [0.05, 0.1) is 6.61 Å². The van der Waals surface area contributed by atoms with Gasteiger partial charge < -0.3 is 10.5 Å². The maximum absolute atomic E-state index is 11.5. The van der Waals surface area contributed by atoms with E-state index in [-0.39, 0.29) is 24.4 Å². The van der Waals surface area contributed by atoms with Crippen LogP contribution in [0.15, 0.2) is 0 Å². The lowest BCUT2D eigenvalue weighted by molar-refractivity contribution is -0.146. The van der Waals surface area contributed by atoms with Crippen molar-refractivity contribution in [1.82, 2.24) is 0 Å². The molecule has 0 spiro atoms. The van der Waals surface area contributed by atoms with Crippen LogP contribution in [0.1, 0.15) is 32.6 Å². The van der Waals surface area contributed by atoms with Gasteiger partial charge in [-0.3, -0.25) is 4.79 Å². The summed E-state index contributed by atoms with van der Waals surface area (Å²) in [6.07, 6.45) is 5.03. The molecule has 15 heavy (non-hydrogen) atoms. The number of nitrogens with two attached hydrogens (primary N) is 1. The van der Waals surface area contributed by atoms with Crippen LogP contribution < -0.4 is 5.73 Å². The summed E-state index contributed by atoms with van der Waals surface area (Å²) in [5, 5.41) is 0. The Balaban J connectivity index is 0.00000112. The third kappa shape index (κ3) is 3.08. The maximum atomic E-state index is 11.5. The number of hydrogen-bond donors (Lipinski definition) is 1. The van der Waals surface area contributed by atoms with E-state index in [9.17, 15) is 4.79 Å². The Labute approximate surface area is 97.1 Å². The highest BCUT2D eigenvalue weighted by Crippen LogP contribution is 2.50. The number of rotatable bonds is 5. The summed E-state index contributed by atoms with van der Waals surface area (Å²) in [6, 6.07) is -0.366. The number of ether oxygens (including phenoxy) is 1. The van der Waals surface area contributed by atoms with Crippen molar-refractivity contribution in [3.63, 3.8) is 0 Å². The van der Waals surface area contributed by atoms with E-state index in [4.69, 9.17) is 10.5 Å². The van der Waals surface area contributed by atoms with Crippen LogP contribution >= 0.6 is 12.4 Å². The molecule has 0 heterocycles. The zero-order chi connectivity index (χ0) is 10.1. The first kappa shape index (κ1) is 12.8. The van der Waals surface area contributed by atoms with Gasteiger partial charge in [-0.25, -0.2) is 0 Å². The fourth-order valence-corrected chi connectivity index (χ4v) is 2.33. The van der Waals surface area contributed by atoms with Crippen LogP contribution in [0.25, 0.3) is 0 Å². The van der Waals surface area contributed by atoms with E-state index in [1.165, 1.54) is 25.7 Å². The number of halogens is 1. The number of carbonyl (C=O) groups is 1. The summed E-state index contributed by atoms with van der Waals surface area (Å²) >= 11 is 0. The molecule has 2 fully saturated rings. The van der Waals surface area contributed by atoms with Crippen molar-refractivity contribution in [1.29, 1.82) is 0 Å². The van der Waals surface area contributed by atoms with Crippen LogP contribution in [0.5, 0.6) is 0 Å². The Morgan fingerprint density at radius 3 is 2.13 bits per heavy atom. The monoisotopic (exact) mass is 233 g/mol. The van der Waals surface area contributed by atoms with Gasteiger partial charge in [0.1, 0.15) is 6.04 Å². The molecule has 3 nitrogen and oxygen atoms in total. The molecule has 0 aromatic carbocycles. The quantitative estimate of drug-likeness (QED) is 0.736. The highest BCUT2D eigenvalue weighted by atomic mass is 35.5. The van der Waals surface area contributed by atoms with Crippen molar-refractivity contribution in [2.75, 3.05) is 6.61 Å². The van der Waals surface area contributed by atoms with Crippen LogP contribution in [-0.4, -0.2) is 18.6 Å². The fourth-order valence-electron chi connectivity index (χ4n) is 2.33. The van der Waals surface area contributed by atoms with Crippen LogP contribution in [0.3, 0.4) is 0 Å². The van der Waals surface area contributed by atoms with Crippen molar-refractivity contribution in [2.45, 2.75) is 38.6 Å². The van der Waals surface area contributed by atoms with Gasteiger partial charge in [0.2, 0.25) is 0 Å². The summed E-state index contributed by atoms with van der Waals surface area (Å²) in [5.41, 5.74) is 5.95. The van der Waals surface area contributed by atoms with Gasteiger partial charge in [-0.2, -0.15) is 0 Å². The second-order valence-electron chi connectivity index (χ2n) is 4.53. The molecule has 2 N–H and O–H groups in total. The Bertz CT molecular complexity index is 215. The molecule has 0 aromatic rings. The molecule has 2 aliphatic carbocycles. The van der Waals surface area contributed by atoms with Gasteiger partial charge in [-0.05, 0) is 50.4 Å². The van der Waals surface area contributed by atoms with Crippen molar-refractivity contribution in [2.24, 2.45) is 23.5 Å². The Morgan fingerprint density at radius 1 is 1.33 bits per heavy atom. The topological polar surface area (TPSA) is 52.3 Å². The van der Waals surface area contributed by atoms with Gasteiger partial charge >= 0.3 is 5.97 Å². The minimum Gasteiger partial charge on any atom is -0.465 e. The van der Waals surface area contributed by atoms with Gasteiger partial charge in [0.15, 0.2) is 0 Å². The molecule has 0 bridgehead atoms. The summed E-state index contributed by atoms with van der Waals surface area (Å²) in [6.45, 7) is 2.27. The van der Waals surface area contributed by atoms with Crippen LogP contribution in [0.2, 0.25) is 0 Å². The standard InChI is InChI=1S/C11H19NO2.ClH/c1-2-14-11(13)10(12)9(7-3-4-7)8-5-6-8;/h7-10H,2-6,12H2,1H3;1H. The predicted molar refractivity (Wildman–Crippen MR) is 60.8 cm³/mol. The first-order chi connectivity index (χ1) is 6.74. The second-order valence-corrected chi connectivity index (χ2v) is 4.53. The van der Waals surface area contributed by atoms with Crippen LogP contribution in [0, 0.1) is 17.8 Å². The molecule has 1 atom stereocenters. The van der Waals surface area contributed by atoms with Crippen LogP contribution in [0.4, 0.5) is 0 Å². The van der Waals surface area contributed by atoms with Crippen LogP contribution in [-0.2, 0) is 9.53 Å². The smallest absolute Gasteiger partial charge is 0.323 e. The SMILES string of the molecule is CCOC(=O)C(N)C(C1CC1)C1CC1.Cl. The third-order valence-corrected chi connectivity index (χ3v) is 3.31. The third-order valence-electron chi connectivity index (χ3n) is 3.31. The minimum atomic E-state index is -0.366. The number of carbonyl (C=O) groups excluding carboxylic acids is 1. The molecule has 2 aliphatic rings. The minimum absolute atomic E-state index is 0. The summed E-state index contributed by atoms with van der Waals surface area (Å²) in [4.78, 5) is 11.5. The van der Waals surface area contributed by atoms with Gasteiger partial charge in [0.25, 0.3) is 0 Å². The first-order valence-electron chi connectivity index (χ1n) is 5.66. The molecule has 2 saturated carbocycles. The Kier molecular flexibility index (Phi) is 4.41. The number of esters is 1. The second kappa shape index (κ2) is 5.17. The first-order valence-corrected chi connectivity index (χ1v) is 5.66. The number of hydrogen-bond acceptors (Lipinski definition) is 3. The molecule has 0 radical (unpaired) electrons. The highest BCUT2D eigenvalue weighted by molar-refractivity contribution is 5.85. The van der Waals surface area contributed by atoms with Crippen molar-refractivity contribution < 1.29 is 9.53 Å². The molecule has 88 valence electrons. The van der Waals surface area contributed by atoms with E-state index in [0.29, 0.717) is 24.4 Å². The molecule has 4 heteroatoms. The van der Waals surface area contributed by atoms with Gasteiger partial charge in [-0.15, -0.1) is 12.4 Å². The van der Waals surface area contributed by atoms with E-state index in [2.05, 4.69) is 0 Å². The lowest BCUT2D eigenvalue weighted by atomic mass is 9.90. The Hall–Kier alpha value is -0.280. The molecule has 2 rings (SSSR count). The molecule has 0 aliphatic heterocycles. The largest absolute Gasteiger partial charge is 0.465 e. The lowest BCUT2D eigenvalue weighted by Gasteiger charge is -2.21.